The highest BCUT2D eigenvalue weighted by atomic mass is 32.2. The first kappa shape index (κ1) is 14.0. The van der Waals surface area contributed by atoms with E-state index in [1.165, 1.54) is 12.1 Å². The standard InChI is InChI=1S/C12H16N2O4S/c15-12(14-6-8-18-9-7-14)10-13-19(16,17)11-4-2-1-3-5-11/h1-5,13H,6-10H2. The van der Waals surface area contributed by atoms with Crippen LogP contribution in [0.15, 0.2) is 35.2 Å². The van der Waals surface area contributed by atoms with Gasteiger partial charge >= 0.3 is 0 Å². The summed E-state index contributed by atoms with van der Waals surface area (Å²) in [5, 5.41) is 0. The minimum atomic E-state index is -3.62. The normalized spacial score (nSPS) is 16.3. The van der Waals surface area contributed by atoms with Crippen LogP contribution in [0.5, 0.6) is 0 Å². The fourth-order valence-corrected chi connectivity index (χ4v) is 2.76. The molecule has 0 radical (unpaired) electrons. The van der Waals surface area contributed by atoms with Crippen LogP contribution in [0, 0.1) is 0 Å². The van der Waals surface area contributed by atoms with Gasteiger partial charge in [0.1, 0.15) is 0 Å². The molecule has 1 saturated heterocycles. The molecule has 2 rings (SSSR count). The number of carbonyl (C=O) groups excluding carboxylic acids is 1. The number of nitrogens with one attached hydrogen (secondary N) is 1. The minimum Gasteiger partial charge on any atom is -0.378 e. The van der Waals surface area contributed by atoms with Crippen LogP contribution in [0.25, 0.3) is 0 Å². The van der Waals surface area contributed by atoms with Gasteiger partial charge in [0.15, 0.2) is 0 Å². The molecule has 1 aromatic rings. The van der Waals surface area contributed by atoms with E-state index in [9.17, 15) is 13.2 Å². The van der Waals surface area contributed by atoms with Crippen molar-refractivity contribution in [2.24, 2.45) is 0 Å². The van der Waals surface area contributed by atoms with Gasteiger partial charge in [-0.3, -0.25) is 4.79 Å². The molecule has 0 unspecified atom stereocenters. The van der Waals surface area contributed by atoms with Crippen LogP contribution in [0.3, 0.4) is 0 Å². The Morgan fingerprint density at radius 2 is 1.84 bits per heavy atom. The molecule has 0 saturated carbocycles. The average molecular weight is 284 g/mol. The van der Waals surface area contributed by atoms with E-state index in [1.807, 2.05) is 0 Å². The third-order valence-corrected chi connectivity index (χ3v) is 4.25. The first-order valence-corrected chi connectivity index (χ1v) is 7.48. The number of amides is 1. The lowest BCUT2D eigenvalue weighted by Gasteiger charge is -2.26. The molecule has 104 valence electrons. The first-order chi connectivity index (χ1) is 9.09. The summed E-state index contributed by atoms with van der Waals surface area (Å²) in [6.45, 7) is 1.78. The monoisotopic (exact) mass is 284 g/mol. The van der Waals surface area contributed by atoms with E-state index in [4.69, 9.17) is 4.74 Å². The van der Waals surface area contributed by atoms with Crippen LogP contribution in [-0.4, -0.2) is 52.1 Å². The second-order valence-corrected chi connectivity index (χ2v) is 5.90. The van der Waals surface area contributed by atoms with Crippen LogP contribution in [-0.2, 0) is 19.6 Å². The maximum Gasteiger partial charge on any atom is 0.241 e. The molecule has 0 aliphatic carbocycles. The van der Waals surface area contributed by atoms with E-state index < -0.39 is 10.0 Å². The van der Waals surface area contributed by atoms with Gasteiger partial charge in [-0.2, -0.15) is 0 Å². The minimum absolute atomic E-state index is 0.157. The lowest BCUT2D eigenvalue weighted by atomic mass is 10.4. The summed E-state index contributed by atoms with van der Waals surface area (Å²) < 4.78 is 31.3. The van der Waals surface area contributed by atoms with Gasteiger partial charge in [0.25, 0.3) is 0 Å². The largest absolute Gasteiger partial charge is 0.378 e. The molecule has 1 aliphatic heterocycles. The summed E-state index contributed by atoms with van der Waals surface area (Å²) in [6.07, 6.45) is 0. The molecule has 0 spiro atoms. The molecule has 1 aromatic carbocycles. The number of morpholine rings is 1. The van der Waals surface area contributed by atoms with Crippen molar-refractivity contribution in [1.29, 1.82) is 0 Å². The molecule has 7 heteroatoms. The summed E-state index contributed by atoms with van der Waals surface area (Å²) in [5.41, 5.74) is 0. The van der Waals surface area contributed by atoms with Gasteiger partial charge in [-0.1, -0.05) is 18.2 Å². The van der Waals surface area contributed by atoms with E-state index in [0.717, 1.165) is 0 Å². The maximum absolute atomic E-state index is 11.9. The Morgan fingerprint density at radius 1 is 1.21 bits per heavy atom. The van der Waals surface area contributed by atoms with E-state index in [2.05, 4.69) is 4.72 Å². The Kier molecular flexibility index (Phi) is 4.52. The van der Waals surface area contributed by atoms with Gasteiger partial charge in [-0.15, -0.1) is 0 Å². The fraction of sp³-hybridized carbons (Fsp3) is 0.417. The molecule has 1 amide bonds. The van der Waals surface area contributed by atoms with Crippen LogP contribution in [0.2, 0.25) is 0 Å². The highest BCUT2D eigenvalue weighted by molar-refractivity contribution is 7.89. The van der Waals surface area contributed by atoms with Crippen LogP contribution in [0.4, 0.5) is 0 Å². The molecule has 0 atom stereocenters. The Labute approximate surface area is 112 Å². The van der Waals surface area contributed by atoms with Crippen molar-refractivity contribution < 1.29 is 17.9 Å². The zero-order valence-corrected chi connectivity index (χ0v) is 11.2. The number of hydrogen-bond acceptors (Lipinski definition) is 4. The van der Waals surface area contributed by atoms with Gasteiger partial charge in [0, 0.05) is 13.1 Å². The lowest BCUT2D eigenvalue weighted by Crippen LogP contribution is -2.45. The van der Waals surface area contributed by atoms with Crippen molar-refractivity contribution in [2.75, 3.05) is 32.8 Å². The highest BCUT2D eigenvalue weighted by Gasteiger charge is 2.20. The predicted octanol–water partition coefficient (Wildman–Crippen LogP) is -0.176. The van der Waals surface area contributed by atoms with Crippen LogP contribution in [0.1, 0.15) is 0 Å². The second-order valence-electron chi connectivity index (χ2n) is 4.13. The van der Waals surface area contributed by atoms with Gasteiger partial charge in [0.05, 0.1) is 24.7 Å². The van der Waals surface area contributed by atoms with E-state index in [0.29, 0.717) is 26.3 Å². The number of hydrogen-bond donors (Lipinski definition) is 1. The summed E-state index contributed by atoms with van der Waals surface area (Å²) >= 11 is 0. The SMILES string of the molecule is O=C(CNS(=O)(=O)c1ccccc1)N1CCOCC1. The van der Waals surface area contributed by atoms with E-state index in [-0.39, 0.29) is 17.3 Å². The molecule has 1 fully saturated rings. The second kappa shape index (κ2) is 6.14. The number of carbonyl (C=O) groups is 1. The Hall–Kier alpha value is -1.44. The fourth-order valence-electron chi connectivity index (χ4n) is 1.76. The zero-order valence-electron chi connectivity index (χ0n) is 10.4. The smallest absolute Gasteiger partial charge is 0.241 e. The Bertz CT molecular complexity index is 524. The predicted molar refractivity (Wildman–Crippen MR) is 69.0 cm³/mol. The van der Waals surface area contributed by atoms with E-state index in [1.54, 1.807) is 23.1 Å². The molecular weight excluding hydrogens is 268 g/mol. The highest BCUT2D eigenvalue weighted by Crippen LogP contribution is 2.07. The molecular formula is C12H16N2O4S. The number of sulfonamides is 1. The number of nitrogens with zero attached hydrogens (tertiary/aromatic N) is 1. The topological polar surface area (TPSA) is 75.7 Å². The number of benzene rings is 1. The van der Waals surface area contributed by atoms with Gasteiger partial charge in [0.2, 0.25) is 15.9 Å². The van der Waals surface area contributed by atoms with Crippen molar-refractivity contribution in [3.63, 3.8) is 0 Å². The molecule has 1 N–H and O–H groups in total. The quantitative estimate of drug-likeness (QED) is 0.832. The van der Waals surface area contributed by atoms with Crippen molar-refractivity contribution in [1.82, 2.24) is 9.62 Å². The summed E-state index contributed by atoms with van der Waals surface area (Å²) in [5.74, 6) is -0.234. The van der Waals surface area contributed by atoms with Crippen LogP contribution < -0.4 is 4.72 Å². The third kappa shape index (κ3) is 3.76. The Balaban J connectivity index is 1.93. The van der Waals surface area contributed by atoms with Gasteiger partial charge in [-0.25, -0.2) is 13.1 Å². The van der Waals surface area contributed by atoms with Crippen molar-refractivity contribution in [3.8, 4) is 0 Å². The summed E-state index contributed by atoms with van der Waals surface area (Å²) in [7, 11) is -3.62. The zero-order chi connectivity index (χ0) is 13.7. The third-order valence-electron chi connectivity index (χ3n) is 2.83. The van der Waals surface area contributed by atoms with Crippen molar-refractivity contribution in [3.05, 3.63) is 30.3 Å². The lowest BCUT2D eigenvalue weighted by molar-refractivity contribution is -0.133. The summed E-state index contributed by atoms with van der Waals surface area (Å²) in [4.78, 5) is 13.6. The Morgan fingerprint density at radius 3 is 2.47 bits per heavy atom. The van der Waals surface area contributed by atoms with Crippen molar-refractivity contribution >= 4 is 15.9 Å². The van der Waals surface area contributed by atoms with Gasteiger partial charge < -0.3 is 9.64 Å². The molecule has 0 aromatic heterocycles. The average Bonchev–Trinajstić information content (AvgIpc) is 2.47. The molecule has 19 heavy (non-hydrogen) atoms. The maximum atomic E-state index is 11.9. The summed E-state index contributed by atoms with van der Waals surface area (Å²) in [6, 6.07) is 7.98. The molecule has 1 aliphatic rings. The number of ether oxygens (including phenoxy) is 1. The van der Waals surface area contributed by atoms with Crippen molar-refractivity contribution in [2.45, 2.75) is 4.90 Å². The van der Waals surface area contributed by atoms with Gasteiger partial charge in [-0.05, 0) is 12.1 Å². The molecule has 0 bridgehead atoms. The van der Waals surface area contributed by atoms with E-state index >= 15 is 0 Å². The number of rotatable bonds is 4. The molecule has 6 nitrogen and oxygen atoms in total. The van der Waals surface area contributed by atoms with Crippen LogP contribution >= 0.6 is 0 Å². The first-order valence-electron chi connectivity index (χ1n) is 6.00. The molecule has 1 heterocycles.